The first-order valence-corrected chi connectivity index (χ1v) is 5.03. The number of aliphatic hydroxyl groups excluding tert-OH is 1. The molecular formula is C11H15NO3. The average Bonchev–Trinajstić information content (AvgIpc) is 3.01. The Morgan fingerprint density at radius 2 is 2.00 bits per heavy atom. The van der Waals surface area contributed by atoms with Gasteiger partial charge >= 0.3 is 0 Å². The van der Waals surface area contributed by atoms with Crippen LogP contribution in [0.15, 0.2) is 18.2 Å². The Balaban J connectivity index is 2.02. The van der Waals surface area contributed by atoms with Gasteiger partial charge in [0.15, 0.2) is 11.5 Å². The van der Waals surface area contributed by atoms with Crippen LogP contribution in [0, 0.1) is 0 Å². The second kappa shape index (κ2) is 3.72. The summed E-state index contributed by atoms with van der Waals surface area (Å²) in [5, 5.41) is 31.1. The summed E-state index contributed by atoms with van der Waals surface area (Å²) in [4.78, 5) is 0. The van der Waals surface area contributed by atoms with Crippen molar-refractivity contribution in [2.75, 3.05) is 6.61 Å². The van der Waals surface area contributed by atoms with E-state index in [9.17, 15) is 10.2 Å². The van der Waals surface area contributed by atoms with Gasteiger partial charge in [-0.15, -0.1) is 0 Å². The lowest BCUT2D eigenvalue weighted by atomic mass is 10.1. The fourth-order valence-electron chi connectivity index (χ4n) is 1.54. The van der Waals surface area contributed by atoms with E-state index in [0.717, 1.165) is 12.8 Å². The number of rotatable bonds is 4. The molecule has 0 saturated heterocycles. The van der Waals surface area contributed by atoms with Gasteiger partial charge in [0.2, 0.25) is 0 Å². The summed E-state index contributed by atoms with van der Waals surface area (Å²) in [6.07, 6.45) is 1.92. The number of benzene rings is 1. The van der Waals surface area contributed by atoms with E-state index in [1.807, 2.05) is 0 Å². The number of phenols is 2. The molecule has 0 atom stereocenters. The highest BCUT2D eigenvalue weighted by atomic mass is 16.3. The van der Waals surface area contributed by atoms with Gasteiger partial charge in [0.25, 0.3) is 0 Å². The second-order valence-corrected chi connectivity index (χ2v) is 4.08. The third-order valence-electron chi connectivity index (χ3n) is 2.91. The lowest BCUT2D eigenvalue weighted by molar-refractivity contribution is 0.229. The monoisotopic (exact) mass is 209 g/mol. The number of hydrogen-bond donors (Lipinski definition) is 4. The molecule has 4 heteroatoms. The van der Waals surface area contributed by atoms with E-state index in [4.69, 9.17) is 5.11 Å². The van der Waals surface area contributed by atoms with Crippen LogP contribution in [0.1, 0.15) is 18.4 Å². The van der Waals surface area contributed by atoms with E-state index in [1.165, 1.54) is 6.07 Å². The van der Waals surface area contributed by atoms with Crippen molar-refractivity contribution in [2.24, 2.45) is 0 Å². The summed E-state index contributed by atoms with van der Waals surface area (Å²) in [5.74, 6) is -0.193. The Morgan fingerprint density at radius 3 is 2.60 bits per heavy atom. The predicted molar refractivity (Wildman–Crippen MR) is 55.7 cm³/mol. The minimum Gasteiger partial charge on any atom is -0.504 e. The van der Waals surface area contributed by atoms with Gasteiger partial charge in [-0.1, -0.05) is 12.1 Å². The van der Waals surface area contributed by atoms with Crippen molar-refractivity contribution in [3.05, 3.63) is 23.8 Å². The SMILES string of the molecule is OCC1(NCc2cccc(O)c2O)CC1. The minimum absolute atomic E-state index is 0.0845. The maximum Gasteiger partial charge on any atom is 0.161 e. The molecule has 0 radical (unpaired) electrons. The van der Waals surface area contributed by atoms with Crippen LogP contribution >= 0.6 is 0 Å². The van der Waals surface area contributed by atoms with E-state index >= 15 is 0 Å². The molecule has 0 aliphatic heterocycles. The molecule has 0 bridgehead atoms. The number of aromatic hydroxyl groups is 2. The maximum absolute atomic E-state index is 9.54. The van der Waals surface area contributed by atoms with Crippen molar-refractivity contribution in [3.63, 3.8) is 0 Å². The van der Waals surface area contributed by atoms with E-state index < -0.39 is 0 Å². The highest BCUT2D eigenvalue weighted by Crippen LogP contribution is 2.36. The number of hydrogen-bond acceptors (Lipinski definition) is 4. The van der Waals surface area contributed by atoms with Gasteiger partial charge in [0.1, 0.15) is 0 Å². The Hall–Kier alpha value is -1.26. The maximum atomic E-state index is 9.54. The third kappa shape index (κ3) is 2.06. The van der Waals surface area contributed by atoms with Crippen molar-refractivity contribution >= 4 is 0 Å². The number of para-hydroxylation sites is 1. The molecule has 1 fully saturated rings. The Bertz CT molecular complexity index is 361. The summed E-state index contributed by atoms with van der Waals surface area (Å²) in [6.45, 7) is 0.577. The molecule has 4 N–H and O–H groups in total. The summed E-state index contributed by atoms with van der Waals surface area (Å²) in [7, 11) is 0. The Kier molecular flexibility index (Phi) is 2.54. The molecule has 82 valence electrons. The molecule has 2 rings (SSSR count). The van der Waals surface area contributed by atoms with Crippen LogP contribution in [0.2, 0.25) is 0 Å². The summed E-state index contributed by atoms with van der Waals surface area (Å²) in [5.41, 5.74) is 0.493. The molecule has 0 aromatic heterocycles. The Labute approximate surface area is 88.2 Å². The lowest BCUT2D eigenvalue weighted by Gasteiger charge is -2.14. The lowest BCUT2D eigenvalue weighted by Crippen LogP contribution is -2.34. The van der Waals surface area contributed by atoms with E-state index in [0.29, 0.717) is 12.1 Å². The van der Waals surface area contributed by atoms with Crippen LogP contribution in [0.5, 0.6) is 11.5 Å². The van der Waals surface area contributed by atoms with Crippen LogP contribution in [-0.2, 0) is 6.54 Å². The second-order valence-electron chi connectivity index (χ2n) is 4.08. The smallest absolute Gasteiger partial charge is 0.161 e. The van der Waals surface area contributed by atoms with Crippen LogP contribution < -0.4 is 5.32 Å². The third-order valence-corrected chi connectivity index (χ3v) is 2.91. The molecule has 0 amide bonds. The normalized spacial score (nSPS) is 17.7. The molecular weight excluding hydrogens is 194 g/mol. The molecule has 1 aliphatic carbocycles. The van der Waals surface area contributed by atoms with Crippen LogP contribution in [0.3, 0.4) is 0 Å². The van der Waals surface area contributed by atoms with Gasteiger partial charge in [-0.25, -0.2) is 0 Å². The topological polar surface area (TPSA) is 72.7 Å². The number of phenolic OH excluding ortho intramolecular Hbond substituents is 2. The van der Waals surface area contributed by atoms with Crippen molar-refractivity contribution in [2.45, 2.75) is 24.9 Å². The molecule has 1 aliphatic rings. The molecule has 1 saturated carbocycles. The molecule has 0 heterocycles. The van der Waals surface area contributed by atoms with Crippen LogP contribution in [0.25, 0.3) is 0 Å². The van der Waals surface area contributed by atoms with Crippen molar-refractivity contribution in [1.29, 1.82) is 0 Å². The predicted octanol–water partition coefficient (Wildman–Crippen LogP) is 0.712. The van der Waals surface area contributed by atoms with Crippen LogP contribution in [0.4, 0.5) is 0 Å². The first-order chi connectivity index (χ1) is 7.17. The van der Waals surface area contributed by atoms with E-state index in [-0.39, 0.29) is 23.6 Å². The van der Waals surface area contributed by atoms with Gasteiger partial charge in [0, 0.05) is 17.6 Å². The zero-order chi connectivity index (χ0) is 10.9. The fraction of sp³-hybridized carbons (Fsp3) is 0.455. The van der Waals surface area contributed by atoms with E-state index in [2.05, 4.69) is 5.32 Å². The zero-order valence-electron chi connectivity index (χ0n) is 8.40. The van der Waals surface area contributed by atoms with Gasteiger partial charge in [-0.05, 0) is 18.9 Å². The first kappa shape index (κ1) is 10.3. The van der Waals surface area contributed by atoms with Gasteiger partial charge < -0.3 is 20.6 Å². The molecule has 0 unspecified atom stereocenters. The molecule has 4 nitrogen and oxygen atoms in total. The standard InChI is InChI=1S/C11H15NO3/c13-7-11(4-5-11)12-6-8-2-1-3-9(14)10(8)15/h1-3,12-15H,4-7H2. The number of aliphatic hydroxyl groups is 1. The van der Waals surface area contributed by atoms with Gasteiger partial charge in [-0.2, -0.15) is 0 Å². The van der Waals surface area contributed by atoms with Gasteiger partial charge in [0.05, 0.1) is 6.61 Å². The fourth-order valence-corrected chi connectivity index (χ4v) is 1.54. The highest BCUT2D eigenvalue weighted by molar-refractivity contribution is 5.44. The zero-order valence-corrected chi connectivity index (χ0v) is 8.40. The molecule has 1 aromatic rings. The average molecular weight is 209 g/mol. The quantitative estimate of drug-likeness (QED) is 0.551. The molecule has 0 spiro atoms. The van der Waals surface area contributed by atoms with Gasteiger partial charge in [-0.3, -0.25) is 0 Å². The summed E-state index contributed by atoms with van der Waals surface area (Å²) >= 11 is 0. The molecule has 1 aromatic carbocycles. The number of nitrogens with one attached hydrogen (secondary N) is 1. The highest BCUT2D eigenvalue weighted by Gasteiger charge is 2.41. The first-order valence-electron chi connectivity index (χ1n) is 5.03. The van der Waals surface area contributed by atoms with Crippen LogP contribution in [-0.4, -0.2) is 27.5 Å². The largest absolute Gasteiger partial charge is 0.504 e. The minimum atomic E-state index is -0.155. The van der Waals surface area contributed by atoms with Crippen molar-refractivity contribution in [1.82, 2.24) is 5.32 Å². The van der Waals surface area contributed by atoms with Crippen molar-refractivity contribution in [3.8, 4) is 11.5 Å². The summed E-state index contributed by atoms with van der Waals surface area (Å²) < 4.78 is 0. The summed E-state index contributed by atoms with van der Waals surface area (Å²) in [6, 6.07) is 4.87. The van der Waals surface area contributed by atoms with E-state index in [1.54, 1.807) is 12.1 Å². The molecule has 15 heavy (non-hydrogen) atoms. The van der Waals surface area contributed by atoms with Crippen molar-refractivity contribution < 1.29 is 15.3 Å². The Morgan fingerprint density at radius 1 is 1.27 bits per heavy atom.